The molecule has 1 aromatic rings. The Balaban J connectivity index is 2.08. The van der Waals surface area contributed by atoms with Gasteiger partial charge in [-0.15, -0.1) is 0 Å². The zero-order valence-corrected chi connectivity index (χ0v) is 9.98. The zero-order chi connectivity index (χ0) is 13.1. The van der Waals surface area contributed by atoms with Crippen molar-refractivity contribution in [1.29, 1.82) is 0 Å². The molecule has 0 unspecified atom stereocenters. The van der Waals surface area contributed by atoms with Crippen LogP contribution in [0.25, 0.3) is 0 Å². The number of rotatable bonds is 4. The Hall–Kier alpha value is -2.04. The number of benzene rings is 1. The number of carbonyl (C=O) groups is 2. The first kappa shape index (κ1) is 12.4. The van der Waals surface area contributed by atoms with E-state index in [1.807, 2.05) is 0 Å². The second-order valence-corrected chi connectivity index (χ2v) is 4.66. The summed E-state index contributed by atoms with van der Waals surface area (Å²) in [6, 6.07) is 4.38. The van der Waals surface area contributed by atoms with E-state index in [1.54, 1.807) is 0 Å². The van der Waals surface area contributed by atoms with Gasteiger partial charge in [0.15, 0.2) is 0 Å². The second-order valence-electron chi connectivity index (χ2n) is 4.66. The van der Waals surface area contributed by atoms with E-state index in [2.05, 4.69) is 5.32 Å². The lowest BCUT2D eigenvalue weighted by Crippen LogP contribution is -2.21. The van der Waals surface area contributed by atoms with E-state index >= 15 is 0 Å². The monoisotopic (exact) mass is 248 g/mol. The minimum atomic E-state index is -1.08. The lowest BCUT2D eigenvalue weighted by Gasteiger charge is -2.24. The van der Waals surface area contributed by atoms with Crippen LogP contribution in [0, 0.1) is 5.92 Å². The number of carboxylic acids is 1. The van der Waals surface area contributed by atoms with Gasteiger partial charge in [0.25, 0.3) is 0 Å². The number of nitrogens with one attached hydrogen (secondary N) is 1. The molecule has 1 aliphatic rings. The molecular weight excluding hydrogens is 232 g/mol. The zero-order valence-electron chi connectivity index (χ0n) is 9.98. The van der Waals surface area contributed by atoms with Crippen LogP contribution in [0.4, 0.5) is 11.4 Å². The average molecular weight is 248 g/mol. The van der Waals surface area contributed by atoms with Crippen LogP contribution >= 0.6 is 0 Å². The second kappa shape index (κ2) is 5.08. The molecule has 0 bridgehead atoms. The summed E-state index contributed by atoms with van der Waals surface area (Å²) in [6.45, 7) is 0. The highest BCUT2D eigenvalue weighted by Gasteiger charge is 2.21. The molecular formula is C13H16N2O3. The molecule has 0 heterocycles. The van der Waals surface area contributed by atoms with E-state index in [0.29, 0.717) is 18.0 Å². The highest BCUT2D eigenvalue weighted by molar-refractivity contribution is 6.01. The minimum Gasteiger partial charge on any atom is -0.478 e. The summed E-state index contributed by atoms with van der Waals surface area (Å²) in [5.74, 6) is -0.777. The fraction of sp³-hybridized carbons (Fsp3) is 0.385. The van der Waals surface area contributed by atoms with Gasteiger partial charge in [-0.25, -0.2) is 4.79 Å². The molecule has 0 spiro atoms. The summed E-state index contributed by atoms with van der Waals surface area (Å²) in [5.41, 5.74) is 6.36. The predicted octanol–water partition coefficient (Wildman–Crippen LogP) is 2.10. The molecule has 96 valence electrons. The Kier molecular flexibility index (Phi) is 3.50. The van der Waals surface area contributed by atoms with Crippen molar-refractivity contribution in [2.75, 3.05) is 11.1 Å². The summed E-state index contributed by atoms with van der Waals surface area (Å²) in [6.07, 6.45) is 3.79. The van der Waals surface area contributed by atoms with Crippen molar-refractivity contribution in [3.63, 3.8) is 0 Å². The largest absolute Gasteiger partial charge is 0.478 e. The Labute approximate surface area is 105 Å². The van der Waals surface area contributed by atoms with E-state index < -0.39 is 5.97 Å². The molecule has 0 atom stereocenters. The van der Waals surface area contributed by atoms with Gasteiger partial charge in [0.05, 0.1) is 11.3 Å². The maximum Gasteiger partial charge on any atom is 0.337 e. The van der Waals surface area contributed by atoms with Gasteiger partial charge < -0.3 is 16.2 Å². The first-order valence-corrected chi connectivity index (χ1v) is 5.99. The third-order valence-electron chi connectivity index (χ3n) is 3.25. The van der Waals surface area contributed by atoms with Gasteiger partial charge in [0, 0.05) is 12.1 Å². The number of amides is 1. The Morgan fingerprint density at radius 1 is 1.39 bits per heavy atom. The molecule has 4 N–H and O–H groups in total. The van der Waals surface area contributed by atoms with Gasteiger partial charge >= 0.3 is 5.97 Å². The molecule has 1 saturated carbocycles. The quantitative estimate of drug-likeness (QED) is 0.711. The summed E-state index contributed by atoms with van der Waals surface area (Å²) in [4.78, 5) is 22.8. The van der Waals surface area contributed by atoms with E-state index in [-0.39, 0.29) is 17.2 Å². The van der Waals surface area contributed by atoms with Crippen molar-refractivity contribution in [1.82, 2.24) is 0 Å². The van der Waals surface area contributed by atoms with Crippen LogP contribution in [0.5, 0.6) is 0 Å². The third kappa shape index (κ3) is 2.80. The van der Waals surface area contributed by atoms with Crippen molar-refractivity contribution in [2.45, 2.75) is 25.7 Å². The average Bonchev–Trinajstić information content (AvgIpc) is 2.23. The van der Waals surface area contributed by atoms with E-state index in [1.165, 1.54) is 24.6 Å². The standard InChI is InChI=1S/C13H16N2O3/c14-9-4-5-10(13(17)18)11(7-9)15-12(16)6-8-2-1-3-8/h4-5,7-8H,1-3,6,14H2,(H,15,16)(H,17,18). The first-order valence-electron chi connectivity index (χ1n) is 5.99. The van der Waals surface area contributed by atoms with E-state index in [4.69, 9.17) is 10.8 Å². The smallest absolute Gasteiger partial charge is 0.337 e. The van der Waals surface area contributed by atoms with Crippen LogP contribution in [0.2, 0.25) is 0 Å². The predicted molar refractivity (Wildman–Crippen MR) is 68.4 cm³/mol. The Morgan fingerprint density at radius 3 is 2.67 bits per heavy atom. The maximum atomic E-state index is 11.8. The molecule has 1 amide bonds. The maximum absolute atomic E-state index is 11.8. The number of hydrogen-bond acceptors (Lipinski definition) is 3. The van der Waals surface area contributed by atoms with Gasteiger partial charge in [0.2, 0.25) is 5.91 Å². The molecule has 18 heavy (non-hydrogen) atoms. The summed E-state index contributed by atoms with van der Waals surface area (Å²) < 4.78 is 0. The number of carboxylic acid groups (broad SMARTS) is 1. The fourth-order valence-electron chi connectivity index (χ4n) is 2.01. The lowest BCUT2D eigenvalue weighted by atomic mass is 9.83. The summed E-state index contributed by atoms with van der Waals surface area (Å²) in [7, 11) is 0. The molecule has 0 saturated heterocycles. The summed E-state index contributed by atoms with van der Waals surface area (Å²) in [5, 5.41) is 11.6. The number of aromatic carboxylic acids is 1. The van der Waals surface area contributed by atoms with Gasteiger partial charge in [-0.3, -0.25) is 4.79 Å². The topological polar surface area (TPSA) is 92.4 Å². The number of nitrogen functional groups attached to an aromatic ring is 1. The van der Waals surface area contributed by atoms with Crippen molar-refractivity contribution in [2.24, 2.45) is 5.92 Å². The van der Waals surface area contributed by atoms with Gasteiger partial charge in [-0.2, -0.15) is 0 Å². The highest BCUT2D eigenvalue weighted by Crippen LogP contribution is 2.30. The molecule has 1 aliphatic carbocycles. The van der Waals surface area contributed by atoms with E-state index in [9.17, 15) is 9.59 Å². The van der Waals surface area contributed by atoms with Gasteiger partial charge in [-0.1, -0.05) is 6.42 Å². The van der Waals surface area contributed by atoms with Crippen molar-refractivity contribution < 1.29 is 14.7 Å². The SMILES string of the molecule is Nc1ccc(C(=O)O)c(NC(=O)CC2CCC2)c1. The van der Waals surface area contributed by atoms with Crippen LogP contribution in [-0.4, -0.2) is 17.0 Å². The van der Waals surface area contributed by atoms with Crippen molar-refractivity contribution in [3.8, 4) is 0 Å². The molecule has 5 heteroatoms. The van der Waals surface area contributed by atoms with Crippen LogP contribution in [0.3, 0.4) is 0 Å². The van der Waals surface area contributed by atoms with Gasteiger partial charge in [-0.05, 0) is 37.0 Å². The first-order chi connectivity index (χ1) is 8.56. The normalized spacial score (nSPS) is 14.9. The van der Waals surface area contributed by atoms with Gasteiger partial charge in [0.1, 0.15) is 0 Å². The molecule has 2 rings (SSSR count). The molecule has 0 radical (unpaired) electrons. The van der Waals surface area contributed by atoms with Crippen LogP contribution < -0.4 is 11.1 Å². The van der Waals surface area contributed by atoms with Crippen molar-refractivity contribution in [3.05, 3.63) is 23.8 Å². The molecule has 1 fully saturated rings. The van der Waals surface area contributed by atoms with Crippen LogP contribution in [-0.2, 0) is 4.79 Å². The van der Waals surface area contributed by atoms with Crippen molar-refractivity contribution >= 4 is 23.3 Å². The molecule has 0 aliphatic heterocycles. The number of hydrogen-bond donors (Lipinski definition) is 3. The molecule has 1 aromatic carbocycles. The van der Waals surface area contributed by atoms with E-state index in [0.717, 1.165) is 12.8 Å². The summed E-state index contributed by atoms with van der Waals surface area (Å²) >= 11 is 0. The number of anilines is 2. The van der Waals surface area contributed by atoms with Crippen LogP contribution in [0.1, 0.15) is 36.0 Å². The molecule has 5 nitrogen and oxygen atoms in total. The molecule has 0 aromatic heterocycles. The Bertz CT molecular complexity index is 481. The Morgan fingerprint density at radius 2 is 2.11 bits per heavy atom. The highest BCUT2D eigenvalue weighted by atomic mass is 16.4. The minimum absolute atomic E-state index is 0.0613. The van der Waals surface area contributed by atoms with Crippen LogP contribution in [0.15, 0.2) is 18.2 Å². The number of nitrogens with two attached hydrogens (primary N) is 1. The fourth-order valence-corrected chi connectivity index (χ4v) is 2.01. The third-order valence-corrected chi connectivity index (χ3v) is 3.25. The lowest BCUT2D eigenvalue weighted by molar-refractivity contribution is -0.117. The number of carbonyl (C=O) groups excluding carboxylic acids is 1.